The van der Waals surface area contributed by atoms with Gasteiger partial charge in [-0.3, -0.25) is 0 Å². The molecule has 0 saturated heterocycles. The average Bonchev–Trinajstić information content (AvgIpc) is 2.88. The van der Waals surface area contributed by atoms with Crippen LogP contribution in [-0.2, 0) is 6.54 Å². The van der Waals surface area contributed by atoms with Crippen molar-refractivity contribution in [2.24, 2.45) is 0 Å². The molecule has 0 aliphatic carbocycles. The van der Waals surface area contributed by atoms with Gasteiger partial charge in [-0.1, -0.05) is 0 Å². The van der Waals surface area contributed by atoms with E-state index in [1.165, 1.54) is 23.5 Å². The first-order valence-corrected chi connectivity index (χ1v) is 6.78. The highest BCUT2D eigenvalue weighted by molar-refractivity contribution is 7.13. The number of aliphatic hydroxyl groups is 1. The predicted molar refractivity (Wildman–Crippen MR) is 71.2 cm³/mol. The number of alkyl halides is 2. The molecule has 0 radical (unpaired) electrons. The van der Waals surface area contributed by atoms with Gasteiger partial charge in [0.05, 0.1) is 12.2 Å². The molecule has 108 valence electrons. The second kappa shape index (κ2) is 6.34. The Bertz CT molecular complexity index is 557. The fourth-order valence-electron chi connectivity index (χ4n) is 1.54. The minimum atomic E-state index is -3.13. The van der Waals surface area contributed by atoms with E-state index in [4.69, 9.17) is 5.11 Å². The summed E-state index contributed by atoms with van der Waals surface area (Å²) in [6, 6.07) is 5.92. The summed E-state index contributed by atoms with van der Waals surface area (Å²) in [5.41, 5.74) is 1.41. The second-order valence-electron chi connectivity index (χ2n) is 4.27. The number of halogens is 3. The number of nitrogens with one attached hydrogen (secondary N) is 1. The number of nitrogens with zero attached hydrogens (tertiary/aromatic N) is 1. The van der Waals surface area contributed by atoms with Crippen LogP contribution in [0.2, 0.25) is 0 Å². The van der Waals surface area contributed by atoms with Crippen molar-refractivity contribution in [1.29, 1.82) is 0 Å². The summed E-state index contributed by atoms with van der Waals surface area (Å²) in [5, 5.41) is 13.4. The monoisotopic (exact) mass is 302 g/mol. The van der Waals surface area contributed by atoms with Crippen molar-refractivity contribution in [3.05, 3.63) is 41.2 Å². The van der Waals surface area contributed by atoms with Gasteiger partial charge in [0.15, 0.2) is 0 Å². The Kier molecular flexibility index (Phi) is 4.74. The summed E-state index contributed by atoms with van der Waals surface area (Å²) in [4.78, 5) is 4.28. The lowest BCUT2D eigenvalue weighted by molar-refractivity contribution is -0.0478. The molecule has 0 spiro atoms. The summed E-state index contributed by atoms with van der Waals surface area (Å²) < 4.78 is 38.4. The molecule has 0 bridgehead atoms. The fourth-order valence-corrected chi connectivity index (χ4v) is 2.37. The third-order valence-corrected chi connectivity index (χ3v) is 3.50. The Balaban J connectivity index is 1.94. The SMILES string of the molecule is OCC(F)(F)CNCc1csc(-c2ccc(F)cc2)n1. The lowest BCUT2D eigenvalue weighted by atomic mass is 10.2. The molecule has 1 heterocycles. The Labute approximate surface area is 118 Å². The van der Waals surface area contributed by atoms with Crippen molar-refractivity contribution in [3.63, 3.8) is 0 Å². The second-order valence-corrected chi connectivity index (χ2v) is 5.13. The highest BCUT2D eigenvalue weighted by Crippen LogP contribution is 2.23. The Hall–Kier alpha value is -1.44. The van der Waals surface area contributed by atoms with Crippen LogP contribution < -0.4 is 5.32 Å². The maximum Gasteiger partial charge on any atom is 0.282 e. The highest BCUT2D eigenvalue weighted by atomic mass is 32.1. The van der Waals surface area contributed by atoms with Gasteiger partial charge >= 0.3 is 0 Å². The van der Waals surface area contributed by atoms with Crippen LogP contribution in [0.15, 0.2) is 29.6 Å². The molecular weight excluding hydrogens is 289 g/mol. The minimum absolute atomic E-state index is 0.188. The first kappa shape index (κ1) is 15.0. The largest absolute Gasteiger partial charge is 0.390 e. The zero-order chi connectivity index (χ0) is 14.6. The molecule has 2 rings (SSSR count). The molecule has 0 aliphatic heterocycles. The van der Waals surface area contributed by atoms with Crippen LogP contribution in [0.1, 0.15) is 5.69 Å². The Morgan fingerprint density at radius 1 is 1.25 bits per heavy atom. The summed E-state index contributed by atoms with van der Waals surface area (Å²) in [6.45, 7) is -1.60. The summed E-state index contributed by atoms with van der Waals surface area (Å²) in [7, 11) is 0. The van der Waals surface area contributed by atoms with Crippen molar-refractivity contribution in [2.45, 2.75) is 12.5 Å². The van der Waals surface area contributed by atoms with Crippen molar-refractivity contribution in [3.8, 4) is 10.6 Å². The summed E-state index contributed by atoms with van der Waals surface area (Å²) in [5.74, 6) is -3.45. The topological polar surface area (TPSA) is 45.1 Å². The van der Waals surface area contributed by atoms with Crippen LogP contribution in [0.3, 0.4) is 0 Å². The van der Waals surface area contributed by atoms with Crippen LogP contribution >= 0.6 is 11.3 Å². The minimum Gasteiger partial charge on any atom is -0.390 e. The van der Waals surface area contributed by atoms with Crippen molar-refractivity contribution in [2.75, 3.05) is 13.2 Å². The number of rotatable bonds is 6. The molecule has 0 atom stereocenters. The van der Waals surface area contributed by atoms with Gasteiger partial charge in [0.2, 0.25) is 0 Å². The molecule has 0 amide bonds. The normalized spacial score (nSPS) is 11.8. The van der Waals surface area contributed by atoms with Crippen LogP contribution in [0.5, 0.6) is 0 Å². The molecule has 7 heteroatoms. The van der Waals surface area contributed by atoms with E-state index in [0.29, 0.717) is 10.7 Å². The summed E-state index contributed by atoms with van der Waals surface area (Å²) >= 11 is 1.36. The van der Waals surface area contributed by atoms with Gasteiger partial charge in [0.1, 0.15) is 17.4 Å². The Morgan fingerprint density at radius 3 is 2.60 bits per heavy atom. The molecule has 1 aromatic heterocycles. The first-order valence-electron chi connectivity index (χ1n) is 5.90. The third-order valence-electron chi connectivity index (χ3n) is 2.56. The molecule has 1 aromatic carbocycles. The van der Waals surface area contributed by atoms with E-state index < -0.39 is 19.1 Å². The molecule has 0 aliphatic rings. The van der Waals surface area contributed by atoms with Crippen LogP contribution in [0.4, 0.5) is 13.2 Å². The van der Waals surface area contributed by atoms with Gasteiger partial charge in [-0.05, 0) is 24.3 Å². The van der Waals surface area contributed by atoms with E-state index in [1.807, 2.05) is 0 Å². The number of benzene rings is 1. The quantitative estimate of drug-likeness (QED) is 0.862. The van der Waals surface area contributed by atoms with Gasteiger partial charge in [0.25, 0.3) is 5.92 Å². The molecule has 2 aromatic rings. The zero-order valence-corrected chi connectivity index (χ0v) is 11.3. The highest BCUT2D eigenvalue weighted by Gasteiger charge is 2.26. The standard InChI is InChI=1S/C13H13F3N2OS/c14-10-3-1-9(2-4-10)12-18-11(6-20-12)5-17-7-13(15,16)8-19/h1-4,6,17,19H,5,7-8H2. The number of hydrogen-bond donors (Lipinski definition) is 2. The molecule has 0 fully saturated rings. The average molecular weight is 302 g/mol. The smallest absolute Gasteiger partial charge is 0.282 e. The summed E-state index contributed by atoms with van der Waals surface area (Å²) in [6.07, 6.45) is 0. The molecular formula is C13H13F3N2OS. The van der Waals surface area contributed by atoms with E-state index in [2.05, 4.69) is 10.3 Å². The van der Waals surface area contributed by atoms with Gasteiger partial charge in [-0.15, -0.1) is 11.3 Å². The lowest BCUT2D eigenvalue weighted by Crippen LogP contribution is -2.35. The van der Waals surface area contributed by atoms with E-state index in [1.54, 1.807) is 17.5 Å². The van der Waals surface area contributed by atoms with Gasteiger partial charge in [0, 0.05) is 17.5 Å². The number of thiazole rings is 1. The van der Waals surface area contributed by atoms with Crippen molar-refractivity contribution >= 4 is 11.3 Å². The van der Waals surface area contributed by atoms with Gasteiger partial charge in [-0.2, -0.15) is 0 Å². The number of aromatic nitrogens is 1. The van der Waals surface area contributed by atoms with E-state index in [0.717, 1.165) is 5.56 Å². The van der Waals surface area contributed by atoms with Crippen molar-refractivity contribution < 1.29 is 18.3 Å². The number of hydrogen-bond acceptors (Lipinski definition) is 4. The van der Waals surface area contributed by atoms with Crippen LogP contribution in [0.25, 0.3) is 10.6 Å². The first-order chi connectivity index (χ1) is 9.50. The molecule has 0 saturated carbocycles. The van der Waals surface area contributed by atoms with Crippen LogP contribution in [0, 0.1) is 5.82 Å². The molecule has 3 nitrogen and oxygen atoms in total. The van der Waals surface area contributed by atoms with E-state index in [9.17, 15) is 13.2 Å². The maximum absolute atomic E-state index is 12.8. The van der Waals surface area contributed by atoms with Crippen LogP contribution in [-0.4, -0.2) is 29.2 Å². The predicted octanol–water partition coefficient (Wildman–Crippen LogP) is 2.67. The zero-order valence-electron chi connectivity index (χ0n) is 10.4. The fraction of sp³-hybridized carbons (Fsp3) is 0.308. The maximum atomic E-state index is 12.8. The van der Waals surface area contributed by atoms with E-state index >= 15 is 0 Å². The number of aliphatic hydroxyl groups excluding tert-OH is 1. The van der Waals surface area contributed by atoms with E-state index in [-0.39, 0.29) is 12.4 Å². The van der Waals surface area contributed by atoms with Crippen molar-refractivity contribution in [1.82, 2.24) is 10.3 Å². The van der Waals surface area contributed by atoms with Gasteiger partial charge in [-0.25, -0.2) is 18.2 Å². The molecule has 0 unspecified atom stereocenters. The lowest BCUT2D eigenvalue weighted by Gasteiger charge is -2.12. The third kappa shape index (κ3) is 4.03. The molecule has 20 heavy (non-hydrogen) atoms. The van der Waals surface area contributed by atoms with Gasteiger partial charge < -0.3 is 10.4 Å². The Morgan fingerprint density at radius 2 is 1.95 bits per heavy atom. The molecule has 2 N–H and O–H groups in total.